The van der Waals surface area contributed by atoms with Crippen LogP contribution in [0.25, 0.3) is 11.6 Å². The number of Topliss-reactive ketones (excluding diaryl/α,β-unsaturated/α-hetero) is 1. The summed E-state index contributed by atoms with van der Waals surface area (Å²) in [4.78, 5) is 40.1. The highest BCUT2D eigenvalue weighted by molar-refractivity contribution is 7.89. The summed E-state index contributed by atoms with van der Waals surface area (Å²) >= 11 is 0. The molecule has 5 rings (SSSR count). The molecule has 3 heterocycles. The largest absolute Gasteiger partial charge is 0.481 e. The third kappa shape index (κ3) is 4.32. The minimum absolute atomic E-state index is 0.0290. The van der Waals surface area contributed by atoms with Gasteiger partial charge >= 0.3 is 5.97 Å². The molecule has 3 aliphatic rings. The molecule has 10 heteroatoms. The lowest BCUT2D eigenvalue weighted by Gasteiger charge is -2.26. The average Bonchev–Trinajstić information content (AvgIpc) is 3.35. The standard InChI is InChI=1S/C25H27N3O6S/c29-22-6-4-5-20-24(22)16(8-10-23(30)31)21(26-20)14-18-17-13-15(7-9-19(17)27-25(18)32)35(33,34)28-11-2-1-3-12-28/h7,9,13-14,26H,1-6,8,10-12H2,(H,27,32)(H,30,31). The first-order valence-electron chi connectivity index (χ1n) is 11.9. The number of nitrogens with one attached hydrogen (secondary N) is 2. The fraction of sp³-hybridized carbons (Fsp3) is 0.400. The van der Waals surface area contributed by atoms with Gasteiger partial charge in [0.1, 0.15) is 0 Å². The Morgan fingerprint density at radius 1 is 1.09 bits per heavy atom. The first kappa shape index (κ1) is 23.5. The third-order valence-electron chi connectivity index (χ3n) is 6.93. The van der Waals surface area contributed by atoms with E-state index in [4.69, 9.17) is 0 Å². The zero-order chi connectivity index (χ0) is 24.7. The van der Waals surface area contributed by atoms with Gasteiger partial charge in [0.25, 0.3) is 5.91 Å². The molecule has 184 valence electrons. The molecule has 1 saturated heterocycles. The minimum Gasteiger partial charge on any atom is -0.481 e. The van der Waals surface area contributed by atoms with Crippen LogP contribution in [-0.2, 0) is 32.5 Å². The summed E-state index contributed by atoms with van der Waals surface area (Å²) in [6.45, 7) is 0.961. The number of anilines is 1. The quantitative estimate of drug-likeness (QED) is 0.524. The lowest BCUT2D eigenvalue weighted by molar-refractivity contribution is -0.137. The second-order valence-corrected chi connectivity index (χ2v) is 11.2. The smallest absolute Gasteiger partial charge is 0.303 e. The van der Waals surface area contributed by atoms with E-state index in [9.17, 15) is 27.9 Å². The molecule has 1 aliphatic carbocycles. The molecular weight excluding hydrogens is 470 g/mol. The zero-order valence-electron chi connectivity index (χ0n) is 19.2. The van der Waals surface area contributed by atoms with Gasteiger partial charge in [-0.25, -0.2) is 8.42 Å². The Morgan fingerprint density at radius 3 is 2.60 bits per heavy atom. The number of sulfonamides is 1. The Balaban J connectivity index is 1.57. The second-order valence-electron chi connectivity index (χ2n) is 9.23. The highest BCUT2D eigenvalue weighted by Crippen LogP contribution is 2.37. The molecule has 1 aromatic heterocycles. The van der Waals surface area contributed by atoms with Gasteiger partial charge < -0.3 is 15.4 Å². The van der Waals surface area contributed by atoms with Gasteiger partial charge in [-0.15, -0.1) is 0 Å². The highest BCUT2D eigenvalue weighted by atomic mass is 32.2. The first-order chi connectivity index (χ1) is 16.8. The number of amides is 1. The van der Waals surface area contributed by atoms with Crippen molar-refractivity contribution in [2.75, 3.05) is 18.4 Å². The number of ketones is 1. The van der Waals surface area contributed by atoms with E-state index < -0.39 is 16.0 Å². The third-order valence-corrected chi connectivity index (χ3v) is 8.82. The molecule has 0 saturated carbocycles. The normalized spacial score (nSPS) is 19.5. The SMILES string of the molecule is O=C(O)CCc1c(C=C2C(=O)Nc3ccc(S(=O)(=O)N4CCCCC4)cc32)[nH]c2c1C(=O)CCC2. The van der Waals surface area contributed by atoms with Crippen molar-refractivity contribution in [3.8, 4) is 0 Å². The number of hydrogen-bond donors (Lipinski definition) is 3. The van der Waals surface area contributed by atoms with Crippen LogP contribution in [0.4, 0.5) is 5.69 Å². The molecule has 3 N–H and O–H groups in total. The molecule has 1 amide bonds. The lowest BCUT2D eigenvalue weighted by Crippen LogP contribution is -2.35. The molecule has 35 heavy (non-hydrogen) atoms. The zero-order valence-corrected chi connectivity index (χ0v) is 20.0. The topological polar surface area (TPSA) is 137 Å². The van der Waals surface area contributed by atoms with E-state index in [1.54, 1.807) is 12.1 Å². The van der Waals surface area contributed by atoms with Gasteiger partial charge in [0, 0.05) is 54.1 Å². The number of carboxylic acids is 1. The number of hydrogen-bond acceptors (Lipinski definition) is 5. The summed E-state index contributed by atoms with van der Waals surface area (Å²) < 4.78 is 27.9. The van der Waals surface area contributed by atoms with E-state index in [0.29, 0.717) is 60.4 Å². The number of carbonyl (C=O) groups excluding carboxylic acids is 2. The van der Waals surface area contributed by atoms with Gasteiger partial charge in [-0.05, 0) is 61.9 Å². The van der Waals surface area contributed by atoms with Crippen LogP contribution in [-0.4, -0.2) is 53.6 Å². The van der Waals surface area contributed by atoms with Gasteiger partial charge in [0.2, 0.25) is 10.0 Å². The molecule has 0 bridgehead atoms. The first-order valence-corrected chi connectivity index (χ1v) is 13.4. The van der Waals surface area contributed by atoms with E-state index in [1.165, 1.54) is 16.4 Å². The predicted octanol–water partition coefficient (Wildman–Crippen LogP) is 3.22. The van der Waals surface area contributed by atoms with E-state index in [-0.39, 0.29) is 35.0 Å². The van der Waals surface area contributed by atoms with Crippen LogP contribution in [0.15, 0.2) is 23.1 Å². The summed E-state index contributed by atoms with van der Waals surface area (Å²) in [5, 5.41) is 12.0. The maximum absolute atomic E-state index is 13.2. The van der Waals surface area contributed by atoms with Crippen molar-refractivity contribution in [3.05, 3.63) is 46.3 Å². The molecule has 1 aromatic carbocycles. The van der Waals surface area contributed by atoms with Crippen LogP contribution >= 0.6 is 0 Å². The molecule has 0 radical (unpaired) electrons. The van der Waals surface area contributed by atoms with Crippen LogP contribution < -0.4 is 5.32 Å². The molecule has 2 aliphatic heterocycles. The summed E-state index contributed by atoms with van der Waals surface area (Å²) in [6.07, 6.45) is 6.07. The summed E-state index contributed by atoms with van der Waals surface area (Å²) in [7, 11) is -3.68. The number of aryl methyl sites for hydroxylation is 1. The molecule has 0 unspecified atom stereocenters. The fourth-order valence-corrected chi connectivity index (χ4v) is 6.72. The van der Waals surface area contributed by atoms with E-state index >= 15 is 0 Å². The minimum atomic E-state index is -3.68. The van der Waals surface area contributed by atoms with Crippen LogP contribution in [0.2, 0.25) is 0 Å². The molecule has 0 atom stereocenters. The van der Waals surface area contributed by atoms with Gasteiger partial charge in [-0.2, -0.15) is 4.31 Å². The maximum atomic E-state index is 13.2. The van der Waals surface area contributed by atoms with Crippen LogP contribution in [0.3, 0.4) is 0 Å². The number of piperidine rings is 1. The Labute approximate surface area is 203 Å². The van der Waals surface area contributed by atoms with Crippen molar-refractivity contribution in [1.82, 2.24) is 9.29 Å². The van der Waals surface area contributed by atoms with Gasteiger partial charge in [-0.3, -0.25) is 14.4 Å². The number of aliphatic carboxylic acids is 1. The Kier molecular flexibility index (Phi) is 6.10. The Bertz CT molecular complexity index is 1370. The molecular formula is C25H27N3O6S. The van der Waals surface area contributed by atoms with Crippen LogP contribution in [0.5, 0.6) is 0 Å². The van der Waals surface area contributed by atoms with E-state index in [2.05, 4.69) is 10.3 Å². The summed E-state index contributed by atoms with van der Waals surface area (Å²) in [5.74, 6) is -1.38. The number of fused-ring (bicyclic) bond motifs is 2. The Hall–Kier alpha value is -3.24. The van der Waals surface area contributed by atoms with Crippen molar-refractivity contribution < 1.29 is 27.9 Å². The second kappa shape index (κ2) is 9.09. The van der Waals surface area contributed by atoms with Crippen molar-refractivity contribution in [3.63, 3.8) is 0 Å². The monoisotopic (exact) mass is 497 g/mol. The molecule has 9 nitrogen and oxygen atoms in total. The number of nitrogens with zero attached hydrogens (tertiary/aromatic N) is 1. The maximum Gasteiger partial charge on any atom is 0.303 e. The molecule has 1 fully saturated rings. The van der Waals surface area contributed by atoms with Gasteiger partial charge in [0.15, 0.2) is 5.78 Å². The fourth-order valence-electron chi connectivity index (χ4n) is 5.18. The molecule has 0 spiro atoms. The van der Waals surface area contributed by atoms with Crippen LogP contribution in [0.1, 0.15) is 71.4 Å². The Morgan fingerprint density at radius 2 is 1.86 bits per heavy atom. The highest BCUT2D eigenvalue weighted by Gasteiger charge is 2.31. The molecule has 2 aromatic rings. The lowest BCUT2D eigenvalue weighted by atomic mass is 9.91. The van der Waals surface area contributed by atoms with Crippen LogP contribution in [0, 0.1) is 0 Å². The van der Waals surface area contributed by atoms with Crippen molar-refractivity contribution in [1.29, 1.82) is 0 Å². The number of benzene rings is 1. The number of rotatable bonds is 6. The predicted molar refractivity (Wildman–Crippen MR) is 130 cm³/mol. The number of carboxylic acid groups (broad SMARTS) is 1. The van der Waals surface area contributed by atoms with E-state index in [0.717, 1.165) is 25.0 Å². The van der Waals surface area contributed by atoms with Crippen molar-refractivity contribution in [2.45, 2.75) is 56.3 Å². The van der Waals surface area contributed by atoms with E-state index in [1.807, 2.05) is 0 Å². The number of aromatic nitrogens is 1. The van der Waals surface area contributed by atoms with Gasteiger partial charge in [-0.1, -0.05) is 6.42 Å². The number of carbonyl (C=O) groups is 3. The summed E-state index contributed by atoms with van der Waals surface area (Å²) in [5.41, 5.74) is 3.66. The van der Waals surface area contributed by atoms with Gasteiger partial charge in [0.05, 0.1) is 10.5 Å². The number of H-pyrrole nitrogens is 1. The number of aromatic amines is 1. The van der Waals surface area contributed by atoms with Crippen molar-refractivity contribution >= 4 is 45.0 Å². The summed E-state index contributed by atoms with van der Waals surface area (Å²) in [6, 6.07) is 4.63. The average molecular weight is 498 g/mol. The van der Waals surface area contributed by atoms with Crippen molar-refractivity contribution in [2.24, 2.45) is 0 Å².